The molecule has 0 unspecified atom stereocenters. The van der Waals surface area contributed by atoms with Crippen LogP contribution < -0.4 is 9.62 Å². The summed E-state index contributed by atoms with van der Waals surface area (Å²) in [5.74, 6) is -0.320. The minimum absolute atomic E-state index is 0.0180. The van der Waals surface area contributed by atoms with Crippen molar-refractivity contribution in [1.29, 1.82) is 0 Å². The Morgan fingerprint density at radius 2 is 1.83 bits per heavy atom. The number of fused-ring (bicyclic) bond motifs is 1. The molecule has 0 aliphatic carbocycles. The molecule has 35 heavy (non-hydrogen) atoms. The third-order valence-electron chi connectivity index (χ3n) is 6.17. The topological polar surface area (TPSA) is 100 Å². The van der Waals surface area contributed by atoms with Crippen molar-refractivity contribution < 1.29 is 17.6 Å². The highest BCUT2D eigenvalue weighted by Gasteiger charge is 2.27. The van der Waals surface area contributed by atoms with E-state index in [-0.39, 0.29) is 21.8 Å². The predicted octanol–water partition coefficient (Wildman–Crippen LogP) is 3.34. The monoisotopic (exact) mass is 514 g/mol. The first kappa shape index (κ1) is 23.2. The second-order valence-electron chi connectivity index (χ2n) is 8.23. The van der Waals surface area contributed by atoms with Crippen molar-refractivity contribution in [1.82, 2.24) is 18.8 Å². The molecular weight excluding hydrogens is 491 g/mol. The predicted molar refractivity (Wildman–Crippen MR) is 133 cm³/mol. The van der Waals surface area contributed by atoms with Gasteiger partial charge in [0.15, 0.2) is 0 Å². The fourth-order valence-electron chi connectivity index (χ4n) is 4.28. The summed E-state index contributed by atoms with van der Waals surface area (Å²) in [6, 6.07) is 12.7. The number of hydrogen-bond donors (Lipinski definition) is 1. The second-order valence-corrected chi connectivity index (χ2v) is 10.7. The number of carbonyl (C=O) groups is 1. The Morgan fingerprint density at radius 3 is 2.51 bits per heavy atom. The van der Waals surface area contributed by atoms with Crippen LogP contribution in [-0.2, 0) is 14.8 Å². The summed E-state index contributed by atoms with van der Waals surface area (Å²) in [6.07, 6.45) is 3.04. The quantitative estimate of drug-likeness (QED) is 0.424. The maximum absolute atomic E-state index is 14.0. The average Bonchev–Trinajstić information content (AvgIpc) is 3.54. The molecule has 0 spiro atoms. The molecule has 1 aliphatic rings. The van der Waals surface area contributed by atoms with Crippen molar-refractivity contribution in [2.24, 2.45) is 0 Å². The third-order valence-corrected chi connectivity index (χ3v) is 8.24. The van der Waals surface area contributed by atoms with Crippen LogP contribution in [0.25, 0.3) is 10.9 Å². The molecular formula is C23H23FN6O3S2. The van der Waals surface area contributed by atoms with Crippen LogP contribution in [0.15, 0.2) is 66.0 Å². The normalized spacial score (nSPS) is 15.4. The molecule has 3 heterocycles. The van der Waals surface area contributed by atoms with E-state index in [0.717, 1.165) is 17.2 Å². The lowest BCUT2D eigenvalue weighted by Gasteiger charge is -2.37. The summed E-state index contributed by atoms with van der Waals surface area (Å²) in [5.41, 5.74) is 1.58. The number of anilines is 2. The van der Waals surface area contributed by atoms with E-state index in [4.69, 9.17) is 0 Å². The number of sulfonamides is 1. The Hall–Kier alpha value is -3.51. The van der Waals surface area contributed by atoms with E-state index >= 15 is 0 Å². The molecule has 5 rings (SSSR count). The third kappa shape index (κ3) is 4.58. The lowest BCUT2D eigenvalue weighted by molar-refractivity contribution is -0.134. The van der Waals surface area contributed by atoms with Crippen LogP contribution in [0.2, 0.25) is 0 Å². The van der Waals surface area contributed by atoms with Gasteiger partial charge in [0.1, 0.15) is 18.2 Å². The van der Waals surface area contributed by atoms with E-state index in [1.54, 1.807) is 42.6 Å². The number of halogens is 1. The zero-order valence-corrected chi connectivity index (χ0v) is 20.5. The number of piperazine rings is 1. The summed E-state index contributed by atoms with van der Waals surface area (Å²) >= 11 is 0.965. The standard InChI is InChI=1S/C23H23FN6O3S2/c1-16(30-10-9-19-20(24)3-2-4-21(19)30)22(31)29-13-11-28(12-14-29)17-5-7-18(8-6-17)35(32,33)27-23-25-15-26-34-23/h2-10,15-16H,11-14H2,1H3,(H,25,26,27)/t16-/m0/s1. The van der Waals surface area contributed by atoms with Gasteiger partial charge in [0.05, 0.1) is 10.4 Å². The number of rotatable bonds is 6. The Labute approximate surface area is 206 Å². The van der Waals surface area contributed by atoms with E-state index in [0.29, 0.717) is 37.1 Å². The van der Waals surface area contributed by atoms with Crippen LogP contribution in [0, 0.1) is 5.82 Å². The molecule has 4 aromatic rings. The van der Waals surface area contributed by atoms with E-state index in [9.17, 15) is 17.6 Å². The van der Waals surface area contributed by atoms with Crippen LogP contribution in [-0.4, -0.2) is 59.3 Å². The summed E-state index contributed by atoms with van der Waals surface area (Å²) in [6.45, 7) is 4.14. The highest BCUT2D eigenvalue weighted by molar-refractivity contribution is 7.93. The van der Waals surface area contributed by atoms with Crippen molar-refractivity contribution in [3.8, 4) is 0 Å². The summed E-state index contributed by atoms with van der Waals surface area (Å²) in [4.78, 5) is 21.1. The fourth-order valence-corrected chi connectivity index (χ4v) is 5.95. The number of nitrogens with zero attached hydrogens (tertiary/aromatic N) is 5. The van der Waals surface area contributed by atoms with Gasteiger partial charge in [0.25, 0.3) is 10.0 Å². The van der Waals surface area contributed by atoms with Crippen LogP contribution in [0.4, 0.5) is 15.2 Å². The van der Waals surface area contributed by atoms with Gasteiger partial charge in [-0.15, -0.1) is 0 Å². The Balaban J connectivity index is 1.22. The van der Waals surface area contributed by atoms with Gasteiger partial charge in [0, 0.05) is 55.0 Å². The summed E-state index contributed by atoms with van der Waals surface area (Å²) in [5, 5.41) is 0.711. The number of nitrogens with one attached hydrogen (secondary N) is 1. The van der Waals surface area contributed by atoms with Gasteiger partial charge >= 0.3 is 0 Å². The first-order valence-electron chi connectivity index (χ1n) is 11.0. The minimum atomic E-state index is -3.74. The van der Waals surface area contributed by atoms with Crippen LogP contribution in [0.5, 0.6) is 0 Å². The Morgan fingerprint density at radius 1 is 1.09 bits per heavy atom. The zero-order valence-electron chi connectivity index (χ0n) is 18.8. The van der Waals surface area contributed by atoms with Gasteiger partial charge in [-0.1, -0.05) is 6.07 Å². The molecule has 0 saturated carbocycles. The van der Waals surface area contributed by atoms with E-state index in [1.165, 1.54) is 12.4 Å². The molecule has 0 radical (unpaired) electrons. The molecule has 182 valence electrons. The number of benzene rings is 2. The first-order chi connectivity index (χ1) is 16.8. The van der Waals surface area contributed by atoms with E-state index in [1.807, 2.05) is 22.5 Å². The Kier molecular flexibility index (Phi) is 6.15. The number of carbonyl (C=O) groups excluding carboxylic acids is 1. The van der Waals surface area contributed by atoms with Gasteiger partial charge in [-0.25, -0.2) is 17.8 Å². The molecule has 1 atom stereocenters. The highest BCUT2D eigenvalue weighted by atomic mass is 32.2. The molecule has 1 amide bonds. The Bertz CT molecular complexity index is 1450. The smallest absolute Gasteiger partial charge is 0.263 e. The van der Waals surface area contributed by atoms with Gasteiger partial charge in [-0.3, -0.25) is 9.52 Å². The lowest BCUT2D eigenvalue weighted by atomic mass is 10.2. The van der Waals surface area contributed by atoms with Crippen LogP contribution >= 0.6 is 11.5 Å². The van der Waals surface area contributed by atoms with Gasteiger partial charge in [0.2, 0.25) is 11.0 Å². The molecule has 1 aliphatic heterocycles. The average molecular weight is 515 g/mol. The molecule has 2 aromatic heterocycles. The summed E-state index contributed by atoms with van der Waals surface area (Å²) in [7, 11) is -3.74. The van der Waals surface area contributed by atoms with Crippen LogP contribution in [0.3, 0.4) is 0 Å². The molecule has 1 N–H and O–H groups in total. The van der Waals surface area contributed by atoms with E-state index in [2.05, 4.69) is 19.0 Å². The maximum Gasteiger partial charge on any atom is 0.263 e. The number of hydrogen-bond acceptors (Lipinski definition) is 7. The SMILES string of the molecule is C[C@@H](C(=O)N1CCN(c2ccc(S(=O)(=O)Nc3ncns3)cc2)CC1)n1ccc2c(F)cccc21. The van der Waals surface area contributed by atoms with Crippen molar-refractivity contribution in [2.75, 3.05) is 35.8 Å². The van der Waals surface area contributed by atoms with Gasteiger partial charge in [-0.2, -0.15) is 4.37 Å². The van der Waals surface area contributed by atoms with Crippen molar-refractivity contribution in [3.63, 3.8) is 0 Å². The lowest BCUT2D eigenvalue weighted by Crippen LogP contribution is -2.50. The maximum atomic E-state index is 14.0. The molecule has 9 nitrogen and oxygen atoms in total. The van der Waals surface area contributed by atoms with Crippen molar-refractivity contribution in [2.45, 2.75) is 17.9 Å². The van der Waals surface area contributed by atoms with Gasteiger partial charge in [-0.05, 0) is 49.4 Å². The molecule has 2 aromatic carbocycles. The van der Waals surface area contributed by atoms with Gasteiger partial charge < -0.3 is 14.4 Å². The number of aromatic nitrogens is 3. The zero-order chi connectivity index (χ0) is 24.6. The van der Waals surface area contributed by atoms with E-state index < -0.39 is 16.1 Å². The molecule has 1 fully saturated rings. The van der Waals surface area contributed by atoms with Crippen LogP contribution in [0.1, 0.15) is 13.0 Å². The molecule has 1 saturated heterocycles. The second kappa shape index (κ2) is 9.27. The first-order valence-corrected chi connectivity index (χ1v) is 13.3. The fraction of sp³-hybridized carbons (Fsp3) is 0.261. The summed E-state index contributed by atoms with van der Waals surface area (Å²) < 4.78 is 47.1. The molecule has 0 bridgehead atoms. The van der Waals surface area contributed by atoms with Crippen molar-refractivity contribution in [3.05, 3.63) is 66.9 Å². The largest absolute Gasteiger partial charge is 0.368 e. The molecule has 12 heteroatoms. The number of amides is 1. The minimum Gasteiger partial charge on any atom is -0.368 e. The highest BCUT2D eigenvalue weighted by Crippen LogP contribution is 2.25. The van der Waals surface area contributed by atoms with Crippen molar-refractivity contribution >= 4 is 49.2 Å².